The predicted octanol–water partition coefficient (Wildman–Crippen LogP) is 0.150. The summed E-state index contributed by atoms with van der Waals surface area (Å²) in [5.74, 6) is -1.78. The van der Waals surface area contributed by atoms with E-state index >= 15 is 0 Å². The number of aromatic nitrogens is 4. The Morgan fingerprint density at radius 2 is 2.24 bits per heavy atom. The van der Waals surface area contributed by atoms with E-state index in [2.05, 4.69) is 25.7 Å². The number of aromatic carboxylic acids is 1. The average Bonchev–Trinajstić information content (AvgIpc) is 2.83. The van der Waals surface area contributed by atoms with E-state index in [-0.39, 0.29) is 17.1 Å². The molecule has 1 amide bonds. The molecule has 0 atom stereocenters. The lowest BCUT2D eigenvalue weighted by atomic mass is 10.3. The monoisotopic (exact) mass is 233 g/mol. The van der Waals surface area contributed by atoms with Gasteiger partial charge in [0, 0.05) is 6.20 Å². The van der Waals surface area contributed by atoms with Crippen LogP contribution in [0.15, 0.2) is 24.5 Å². The maximum Gasteiger partial charge on any atom is 0.356 e. The topological polar surface area (TPSA) is 121 Å². The van der Waals surface area contributed by atoms with Crippen molar-refractivity contribution in [2.45, 2.75) is 0 Å². The van der Waals surface area contributed by atoms with Crippen molar-refractivity contribution in [2.24, 2.45) is 0 Å². The maximum absolute atomic E-state index is 11.6. The van der Waals surface area contributed by atoms with Crippen LogP contribution in [-0.2, 0) is 0 Å². The van der Waals surface area contributed by atoms with E-state index in [1.165, 1.54) is 24.5 Å². The number of hydrogen-bond donors (Lipinski definition) is 3. The Kier molecular flexibility index (Phi) is 2.77. The number of carbonyl (C=O) groups is 2. The summed E-state index contributed by atoms with van der Waals surface area (Å²) in [5, 5.41) is 20.6. The minimum atomic E-state index is -1.22. The van der Waals surface area contributed by atoms with Crippen LogP contribution in [0.5, 0.6) is 0 Å². The Hall–Kier alpha value is -2.77. The number of anilines is 1. The van der Waals surface area contributed by atoms with Gasteiger partial charge in [0.2, 0.25) is 0 Å². The van der Waals surface area contributed by atoms with Gasteiger partial charge in [-0.05, 0) is 12.1 Å². The van der Waals surface area contributed by atoms with Crippen molar-refractivity contribution in [1.29, 1.82) is 0 Å². The van der Waals surface area contributed by atoms with Gasteiger partial charge in [0.25, 0.3) is 5.91 Å². The second-order valence-electron chi connectivity index (χ2n) is 3.01. The largest absolute Gasteiger partial charge is 0.476 e. The minimum absolute atomic E-state index is 0.0604. The van der Waals surface area contributed by atoms with Crippen molar-refractivity contribution in [3.05, 3.63) is 35.9 Å². The minimum Gasteiger partial charge on any atom is -0.476 e. The fraction of sp³-hybridized carbons (Fsp3) is 0. The highest BCUT2D eigenvalue weighted by Gasteiger charge is 2.15. The van der Waals surface area contributed by atoms with Gasteiger partial charge in [0.05, 0.1) is 11.9 Å². The van der Waals surface area contributed by atoms with E-state index in [1.807, 2.05) is 0 Å². The standard InChI is InChI=1S/C9H7N5O3/c15-8(6-4-11-14-13-6)12-5-2-1-3-10-7(5)9(16)17/h1-4H,(H,12,15)(H,16,17)(H,11,13,14). The number of nitrogens with one attached hydrogen (secondary N) is 2. The van der Waals surface area contributed by atoms with Crippen LogP contribution >= 0.6 is 0 Å². The van der Waals surface area contributed by atoms with Crippen molar-refractivity contribution in [3.8, 4) is 0 Å². The van der Waals surface area contributed by atoms with Crippen molar-refractivity contribution in [2.75, 3.05) is 5.32 Å². The molecule has 0 saturated carbocycles. The van der Waals surface area contributed by atoms with Crippen LogP contribution in [0, 0.1) is 0 Å². The number of H-pyrrole nitrogens is 1. The normalized spacial score (nSPS) is 9.88. The van der Waals surface area contributed by atoms with E-state index < -0.39 is 11.9 Å². The highest BCUT2D eigenvalue weighted by molar-refractivity contribution is 6.05. The van der Waals surface area contributed by atoms with Crippen LogP contribution in [0.2, 0.25) is 0 Å². The number of amides is 1. The van der Waals surface area contributed by atoms with E-state index in [0.717, 1.165) is 0 Å². The first kappa shape index (κ1) is 10.7. The Balaban J connectivity index is 2.25. The summed E-state index contributed by atoms with van der Waals surface area (Å²) >= 11 is 0. The SMILES string of the molecule is O=C(Nc1cccnc1C(=O)O)c1cn[nH]n1. The summed E-state index contributed by atoms with van der Waals surface area (Å²) in [6, 6.07) is 2.96. The van der Waals surface area contributed by atoms with E-state index in [0.29, 0.717) is 0 Å². The second-order valence-corrected chi connectivity index (χ2v) is 3.01. The molecule has 8 nitrogen and oxygen atoms in total. The van der Waals surface area contributed by atoms with Crippen molar-refractivity contribution < 1.29 is 14.7 Å². The van der Waals surface area contributed by atoms with Crippen LogP contribution in [-0.4, -0.2) is 37.4 Å². The molecule has 2 rings (SSSR count). The molecular weight excluding hydrogens is 226 g/mol. The lowest BCUT2D eigenvalue weighted by Crippen LogP contribution is -2.16. The molecule has 0 spiro atoms. The van der Waals surface area contributed by atoms with Crippen molar-refractivity contribution in [1.82, 2.24) is 20.4 Å². The molecule has 0 aliphatic rings. The Bertz CT molecular complexity index is 552. The Morgan fingerprint density at radius 3 is 2.88 bits per heavy atom. The van der Waals surface area contributed by atoms with Gasteiger partial charge in [0.15, 0.2) is 11.4 Å². The molecule has 2 heterocycles. The zero-order valence-electron chi connectivity index (χ0n) is 8.41. The van der Waals surface area contributed by atoms with Gasteiger partial charge in [-0.3, -0.25) is 4.79 Å². The molecule has 3 N–H and O–H groups in total. The Morgan fingerprint density at radius 1 is 1.41 bits per heavy atom. The molecule has 0 fully saturated rings. The molecule has 0 bridgehead atoms. The fourth-order valence-electron chi connectivity index (χ4n) is 1.17. The number of nitrogens with zero attached hydrogens (tertiary/aromatic N) is 3. The lowest BCUT2D eigenvalue weighted by molar-refractivity contribution is 0.0692. The molecular formula is C9H7N5O3. The molecule has 0 aliphatic heterocycles. The van der Waals surface area contributed by atoms with Crippen LogP contribution in [0.25, 0.3) is 0 Å². The summed E-state index contributed by atoms with van der Waals surface area (Å²) in [6.07, 6.45) is 2.56. The van der Waals surface area contributed by atoms with E-state index in [4.69, 9.17) is 5.11 Å². The first-order valence-corrected chi connectivity index (χ1v) is 4.54. The first-order chi connectivity index (χ1) is 8.18. The van der Waals surface area contributed by atoms with Crippen molar-refractivity contribution in [3.63, 3.8) is 0 Å². The molecule has 17 heavy (non-hydrogen) atoms. The second kappa shape index (κ2) is 4.39. The summed E-state index contributed by atoms with van der Waals surface area (Å²) < 4.78 is 0. The number of rotatable bonds is 3. The molecule has 0 unspecified atom stereocenters. The van der Waals surface area contributed by atoms with Gasteiger partial charge in [-0.25, -0.2) is 9.78 Å². The van der Waals surface area contributed by atoms with Crippen LogP contribution in [0.4, 0.5) is 5.69 Å². The quantitative estimate of drug-likeness (QED) is 0.693. The molecule has 2 aromatic rings. The van der Waals surface area contributed by atoms with Gasteiger partial charge < -0.3 is 10.4 Å². The molecule has 2 aromatic heterocycles. The molecule has 8 heteroatoms. The fourth-order valence-corrected chi connectivity index (χ4v) is 1.17. The zero-order valence-corrected chi connectivity index (χ0v) is 8.41. The number of carbonyl (C=O) groups excluding carboxylic acids is 1. The first-order valence-electron chi connectivity index (χ1n) is 4.54. The smallest absolute Gasteiger partial charge is 0.356 e. The zero-order chi connectivity index (χ0) is 12.3. The molecule has 0 saturated heterocycles. The molecule has 0 radical (unpaired) electrons. The number of aromatic amines is 1. The van der Waals surface area contributed by atoms with Gasteiger partial charge in [-0.15, -0.1) is 0 Å². The van der Waals surface area contributed by atoms with Gasteiger partial charge in [-0.1, -0.05) is 0 Å². The van der Waals surface area contributed by atoms with Crippen LogP contribution in [0.1, 0.15) is 21.0 Å². The summed E-state index contributed by atoms with van der Waals surface area (Å²) in [5.41, 5.74) is -0.0671. The maximum atomic E-state index is 11.6. The molecule has 0 aliphatic carbocycles. The molecule has 0 aromatic carbocycles. The predicted molar refractivity (Wildman–Crippen MR) is 55.5 cm³/mol. The van der Waals surface area contributed by atoms with Gasteiger partial charge >= 0.3 is 5.97 Å². The van der Waals surface area contributed by atoms with Crippen LogP contribution < -0.4 is 5.32 Å². The third kappa shape index (κ3) is 2.25. The van der Waals surface area contributed by atoms with Crippen molar-refractivity contribution >= 4 is 17.6 Å². The number of carboxylic acids is 1. The third-order valence-corrected chi connectivity index (χ3v) is 1.91. The van der Waals surface area contributed by atoms with Gasteiger partial charge in [-0.2, -0.15) is 15.4 Å². The van der Waals surface area contributed by atoms with E-state index in [1.54, 1.807) is 0 Å². The summed E-state index contributed by atoms with van der Waals surface area (Å²) in [7, 11) is 0. The van der Waals surface area contributed by atoms with Crippen LogP contribution in [0.3, 0.4) is 0 Å². The number of hydrogen-bond acceptors (Lipinski definition) is 5. The van der Waals surface area contributed by atoms with E-state index in [9.17, 15) is 9.59 Å². The summed E-state index contributed by atoms with van der Waals surface area (Å²) in [6.45, 7) is 0. The third-order valence-electron chi connectivity index (χ3n) is 1.91. The highest BCUT2D eigenvalue weighted by Crippen LogP contribution is 2.12. The number of pyridine rings is 1. The highest BCUT2D eigenvalue weighted by atomic mass is 16.4. The molecule has 86 valence electrons. The lowest BCUT2D eigenvalue weighted by Gasteiger charge is -2.05. The number of carboxylic acid groups (broad SMARTS) is 1. The Labute approximate surface area is 94.7 Å². The summed E-state index contributed by atoms with van der Waals surface area (Å²) in [4.78, 5) is 26.1. The van der Waals surface area contributed by atoms with Gasteiger partial charge in [0.1, 0.15) is 0 Å². The average molecular weight is 233 g/mol.